The molecule has 1 fully saturated rings. The number of hydrogen-bond acceptors (Lipinski definition) is 3. The normalized spacial score (nSPS) is 16.2. The van der Waals surface area contributed by atoms with Crippen LogP contribution in [-0.2, 0) is 0 Å². The van der Waals surface area contributed by atoms with E-state index in [4.69, 9.17) is 4.74 Å². The van der Waals surface area contributed by atoms with Crippen molar-refractivity contribution in [1.82, 2.24) is 5.32 Å². The van der Waals surface area contributed by atoms with Crippen molar-refractivity contribution in [3.8, 4) is 5.75 Å². The number of carbonyl (C=O) groups is 1. The van der Waals surface area contributed by atoms with E-state index >= 15 is 0 Å². The summed E-state index contributed by atoms with van der Waals surface area (Å²) in [6, 6.07) is 11.7. The highest BCUT2D eigenvalue weighted by atomic mass is 19.1. The number of benzene rings is 2. The highest BCUT2D eigenvalue weighted by Crippen LogP contribution is 2.26. The fourth-order valence-corrected chi connectivity index (χ4v) is 3.38. The minimum absolute atomic E-state index is 0.0354. The minimum atomic E-state index is -0.358. The van der Waals surface area contributed by atoms with Crippen molar-refractivity contribution >= 4 is 5.78 Å². The standard InChI is InChI=1S/C21H23F2NO2/c22-17-6-4-15(5-7-17)20(25)8-9-21(16-10-12-24-13-11-16)26-19-3-1-2-18(23)14-19/h1-7,14,16,21,24H,8-13H2. The highest BCUT2D eigenvalue weighted by Gasteiger charge is 2.26. The molecule has 1 heterocycles. The number of halogens is 2. The third kappa shape index (κ3) is 5.11. The second kappa shape index (κ2) is 8.90. The van der Waals surface area contributed by atoms with E-state index in [0.29, 0.717) is 30.1 Å². The lowest BCUT2D eigenvalue weighted by Crippen LogP contribution is -2.37. The van der Waals surface area contributed by atoms with E-state index in [9.17, 15) is 13.6 Å². The number of nitrogens with one attached hydrogen (secondary N) is 1. The van der Waals surface area contributed by atoms with Gasteiger partial charge in [0.05, 0.1) is 0 Å². The largest absolute Gasteiger partial charge is 0.490 e. The van der Waals surface area contributed by atoms with Crippen LogP contribution < -0.4 is 10.1 Å². The maximum absolute atomic E-state index is 13.5. The van der Waals surface area contributed by atoms with E-state index in [-0.39, 0.29) is 23.5 Å². The van der Waals surface area contributed by atoms with Gasteiger partial charge in [0, 0.05) is 18.1 Å². The van der Waals surface area contributed by atoms with Gasteiger partial charge in [-0.3, -0.25) is 4.79 Å². The molecular formula is C21H23F2NO2. The molecule has 1 saturated heterocycles. The smallest absolute Gasteiger partial charge is 0.163 e. The zero-order valence-corrected chi connectivity index (χ0v) is 14.6. The first-order valence-corrected chi connectivity index (χ1v) is 9.03. The molecule has 0 aliphatic carbocycles. The van der Waals surface area contributed by atoms with Gasteiger partial charge in [0.25, 0.3) is 0 Å². The van der Waals surface area contributed by atoms with Gasteiger partial charge >= 0.3 is 0 Å². The summed E-state index contributed by atoms with van der Waals surface area (Å²) in [5.74, 6) is 0.0765. The van der Waals surface area contributed by atoms with Crippen LogP contribution in [0, 0.1) is 17.6 Å². The third-order valence-corrected chi connectivity index (χ3v) is 4.82. The lowest BCUT2D eigenvalue weighted by Gasteiger charge is -2.31. The second-order valence-corrected chi connectivity index (χ2v) is 6.67. The first kappa shape index (κ1) is 18.5. The summed E-state index contributed by atoms with van der Waals surface area (Å²) >= 11 is 0. The van der Waals surface area contributed by atoms with Gasteiger partial charge in [-0.15, -0.1) is 0 Å². The monoisotopic (exact) mass is 359 g/mol. The van der Waals surface area contributed by atoms with Gasteiger partial charge in [-0.1, -0.05) is 6.07 Å². The summed E-state index contributed by atoms with van der Waals surface area (Å²) < 4.78 is 32.5. The molecule has 1 aliphatic rings. The SMILES string of the molecule is O=C(CCC(Oc1cccc(F)c1)C1CCNCC1)c1ccc(F)cc1. The summed E-state index contributed by atoms with van der Waals surface area (Å²) in [4.78, 5) is 12.4. The van der Waals surface area contributed by atoms with Gasteiger partial charge in [-0.25, -0.2) is 8.78 Å². The van der Waals surface area contributed by atoms with Crippen LogP contribution in [0.15, 0.2) is 48.5 Å². The lowest BCUT2D eigenvalue weighted by molar-refractivity contribution is 0.0849. The molecule has 5 heteroatoms. The van der Waals surface area contributed by atoms with Crippen LogP contribution >= 0.6 is 0 Å². The number of ketones is 1. The summed E-state index contributed by atoms with van der Waals surface area (Å²) in [5, 5.41) is 3.32. The van der Waals surface area contributed by atoms with E-state index in [1.165, 1.54) is 36.4 Å². The van der Waals surface area contributed by atoms with Gasteiger partial charge in [-0.05, 0) is 74.7 Å². The van der Waals surface area contributed by atoms with E-state index < -0.39 is 0 Å². The van der Waals surface area contributed by atoms with E-state index in [2.05, 4.69) is 5.32 Å². The van der Waals surface area contributed by atoms with Crippen LogP contribution in [0.2, 0.25) is 0 Å². The predicted octanol–water partition coefficient (Wildman–Crippen LogP) is 4.37. The number of rotatable bonds is 7. The van der Waals surface area contributed by atoms with Crippen LogP contribution in [0.4, 0.5) is 8.78 Å². The van der Waals surface area contributed by atoms with Crippen LogP contribution in [0.1, 0.15) is 36.0 Å². The van der Waals surface area contributed by atoms with E-state index in [0.717, 1.165) is 25.9 Å². The first-order valence-electron chi connectivity index (χ1n) is 9.03. The average molecular weight is 359 g/mol. The summed E-state index contributed by atoms with van der Waals surface area (Å²) in [5.41, 5.74) is 0.501. The van der Waals surface area contributed by atoms with Gasteiger partial charge in [-0.2, -0.15) is 0 Å². The molecule has 2 aromatic rings. The molecular weight excluding hydrogens is 336 g/mol. The van der Waals surface area contributed by atoms with Gasteiger partial charge < -0.3 is 10.1 Å². The van der Waals surface area contributed by atoms with Crippen molar-refractivity contribution in [2.75, 3.05) is 13.1 Å². The number of Topliss-reactive ketones (excluding diaryl/α,β-unsaturated/α-hetero) is 1. The summed E-state index contributed by atoms with van der Waals surface area (Å²) in [6.07, 6.45) is 2.64. The molecule has 3 rings (SSSR count). The molecule has 0 bridgehead atoms. The van der Waals surface area contributed by atoms with Gasteiger partial charge in [0.2, 0.25) is 0 Å². The highest BCUT2D eigenvalue weighted by molar-refractivity contribution is 5.95. The van der Waals surface area contributed by atoms with Crippen molar-refractivity contribution in [3.05, 3.63) is 65.7 Å². The molecule has 0 saturated carbocycles. The fraction of sp³-hybridized carbons (Fsp3) is 0.381. The first-order chi connectivity index (χ1) is 12.6. The van der Waals surface area contributed by atoms with E-state index in [1.807, 2.05) is 0 Å². The minimum Gasteiger partial charge on any atom is -0.490 e. The molecule has 1 atom stereocenters. The van der Waals surface area contributed by atoms with Crippen molar-refractivity contribution in [2.24, 2.45) is 5.92 Å². The van der Waals surface area contributed by atoms with Gasteiger partial charge in [0.15, 0.2) is 5.78 Å². The van der Waals surface area contributed by atoms with Crippen molar-refractivity contribution in [1.29, 1.82) is 0 Å². The van der Waals surface area contributed by atoms with Gasteiger partial charge in [0.1, 0.15) is 23.5 Å². The molecule has 26 heavy (non-hydrogen) atoms. The number of hydrogen-bond donors (Lipinski definition) is 1. The van der Waals surface area contributed by atoms with Crippen molar-refractivity contribution < 1.29 is 18.3 Å². The van der Waals surface area contributed by atoms with Crippen molar-refractivity contribution in [2.45, 2.75) is 31.8 Å². The van der Waals surface area contributed by atoms with Crippen molar-refractivity contribution in [3.63, 3.8) is 0 Å². The number of carbonyl (C=O) groups excluding carboxylic acids is 1. The Balaban J connectivity index is 1.66. The Morgan fingerprint density at radius 3 is 2.50 bits per heavy atom. The van der Waals surface area contributed by atoms with Crippen LogP contribution in [0.25, 0.3) is 0 Å². The molecule has 0 radical (unpaired) electrons. The van der Waals surface area contributed by atoms with Crippen LogP contribution in [0.3, 0.4) is 0 Å². The molecule has 0 aromatic heterocycles. The molecule has 0 spiro atoms. The average Bonchev–Trinajstić information content (AvgIpc) is 2.66. The lowest BCUT2D eigenvalue weighted by atomic mass is 9.88. The molecule has 2 aromatic carbocycles. The Labute approximate surface area is 152 Å². The third-order valence-electron chi connectivity index (χ3n) is 4.82. The zero-order valence-electron chi connectivity index (χ0n) is 14.6. The number of piperidine rings is 1. The summed E-state index contributed by atoms with van der Waals surface area (Å²) in [6.45, 7) is 1.83. The molecule has 138 valence electrons. The predicted molar refractivity (Wildman–Crippen MR) is 96.4 cm³/mol. The quantitative estimate of drug-likeness (QED) is 0.746. The number of ether oxygens (including phenoxy) is 1. The maximum atomic E-state index is 13.5. The Kier molecular flexibility index (Phi) is 6.34. The molecule has 1 unspecified atom stereocenters. The van der Waals surface area contributed by atoms with Crippen LogP contribution in [0.5, 0.6) is 5.75 Å². The Hall–Kier alpha value is -2.27. The molecule has 0 amide bonds. The fourth-order valence-electron chi connectivity index (χ4n) is 3.38. The topological polar surface area (TPSA) is 38.3 Å². The Bertz CT molecular complexity index is 727. The Morgan fingerprint density at radius 1 is 1.08 bits per heavy atom. The molecule has 1 aliphatic heterocycles. The van der Waals surface area contributed by atoms with Crippen LogP contribution in [-0.4, -0.2) is 25.0 Å². The van der Waals surface area contributed by atoms with E-state index in [1.54, 1.807) is 12.1 Å². The maximum Gasteiger partial charge on any atom is 0.163 e. The molecule has 3 nitrogen and oxygen atoms in total. The zero-order chi connectivity index (χ0) is 18.4. The second-order valence-electron chi connectivity index (χ2n) is 6.67. The molecule has 1 N–H and O–H groups in total. The summed E-state index contributed by atoms with van der Waals surface area (Å²) in [7, 11) is 0. The Morgan fingerprint density at radius 2 is 1.81 bits per heavy atom.